The third-order valence-electron chi connectivity index (χ3n) is 5.23. The maximum absolute atomic E-state index is 4.82. The number of hydrogen-bond donors (Lipinski definition) is 2. The molecule has 2 N–H and O–H groups in total. The first kappa shape index (κ1) is 25.3. The first-order chi connectivity index (χ1) is 13.3. The molecule has 2 rings (SSSR count). The van der Waals surface area contributed by atoms with E-state index in [4.69, 9.17) is 4.99 Å². The Kier molecular flexibility index (Phi) is 10.5. The maximum Gasteiger partial charge on any atom is 0.191 e. The molecule has 6 nitrogen and oxygen atoms in total. The van der Waals surface area contributed by atoms with Crippen LogP contribution >= 0.6 is 24.0 Å². The van der Waals surface area contributed by atoms with E-state index < -0.39 is 0 Å². The third-order valence-corrected chi connectivity index (χ3v) is 5.23. The molecule has 0 fully saturated rings. The number of halogens is 1. The van der Waals surface area contributed by atoms with Gasteiger partial charge >= 0.3 is 0 Å². The van der Waals surface area contributed by atoms with Crippen molar-refractivity contribution in [2.24, 2.45) is 12.0 Å². The standard InChI is InChI=1S/C22H36N6.HI/c1-8-23-22(24-15-17(3)27(6)20-12-10-9-11-13-20)25-16(2)14-21-18(4)26-28(7)19(21)5;/h9-13,16-17H,8,14-15H2,1-7H3,(H2,23,24,25);1H. The highest BCUT2D eigenvalue weighted by Crippen LogP contribution is 2.15. The Morgan fingerprint density at radius 1 is 1.21 bits per heavy atom. The van der Waals surface area contributed by atoms with Crippen LogP contribution in [0.3, 0.4) is 0 Å². The van der Waals surface area contributed by atoms with Gasteiger partial charge in [0.1, 0.15) is 0 Å². The maximum atomic E-state index is 4.82. The molecule has 2 aromatic rings. The van der Waals surface area contributed by atoms with Gasteiger partial charge < -0.3 is 15.5 Å². The van der Waals surface area contributed by atoms with Gasteiger partial charge in [-0.1, -0.05) is 18.2 Å². The molecule has 0 aliphatic carbocycles. The average Bonchev–Trinajstić information content (AvgIpc) is 2.92. The molecule has 7 heteroatoms. The molecule has 29 heavy (non-hydrogen) atoms. The minimum atomic E-state index is 0. The van der Waals surface area contributed by atoms with E-state index in [0.29, 0.717) is 6.04 Å². The van der Waals surface area contributed by atoms with Gasteiger partial charge in [0.25, 0.3) is 0 Å². The summed E-state index contributed by atoms with van der Waals surface area (Å²) >= 11 is 0. The molecule has 2 unspecified atom stereocenters. The van der Waals surface area contributed by atoms with Crippen LogP contribution in [0, 0.1) is 13.8 Å². The van der Waals surface area contributed by atoms with Gasteiger partial charge in [0.2, 0.25) is 0 Å². The molecule has 0 radical (unpaired) electrons. The van der Waals surface area contributed by atoms with Crippen molar-refractivity contribution in [2.75, 3.05) is 25.0 Å². The molecule has 0 aliphatic heterocycles. The molecular formula is C22H37IN6. The minimum absolute atomic E-state index is 0. The molecule has 0 amide bonds. The molecule has 0 saturated carbocycles. The van der Waals surface area contributed by atoms with Gasteiger partial charge in [-0.15, -0.1) is 24.0 Å². The van der Waals surface area contributed by atoms with Crippen molar-refractivity contribution < 1.29 is 0 Å². The van der Waals surface area contributed by atoms with E-state index >= 15 is 0 Å². The summed E-state index contributed by atoms with van der Waals surface area (Å²) in [5, 5.41) is 11.4. The van der Waals surface area contributed by atoms with E-state index in [1.807, 2.05) is 17.8 Å². The van der Waals surface area contributed by atoms with Crippen LogP contribution in [-0.4, -0.2) is 48.0 Å². The van der Waals surface area contributed by atoms with Gasteiger partial charge in [-0.3, -0.25) is 9.67 Å². The van der Waals surface area contributed by atoms with Crippen molar-refractivity contribution in [2.45, 2.75) is 53.1 Å². The topological polar surface area (TPSA) is 57.5 Å². The van der Waals surface area contributed by atoms with Gasteiger partial charge in [-0.05, 0) is 58.7 Å². The molecule has 1 aromatic carbocycles. The number of rotatable bonds is 8. The van der Waals surface area contributed by atoms with Crippen LogP contribution in [0.15, 0.2) is 35.3 Å². The van der Waals surface area contributed by atoms with Crippen molar-refractivity contribution >= 4 is 35.6 Å². The average molecular weight is 512 g/mol. The number of nitrogens with one attached hydrogen (secondary N) is 2. The van der Waals surface area contributed by atoms with Crippen LogP contribution in [-0.2, 0) is 13.5 Å². The van der Waals surface area contributed by atoms with E-state index in [9.17, 15) is 0 Å². The summed E-state index contributed by atoms with van der Waals surface area (Å²) < 4.78 is 1.96. The van der Waals surface area contributed by atoms with Crippen molar-refractivity contribution in [3.05, 3.63) is 47.3 Å². The zero-order valence-electron chi connectivity index (χ0n) is 18.9. The number of benzene rings is 1. The summed E-state index contributed by atoms with van der Waals surface area (Å²) in [7, 11) is 4.12. The quantitative estimate of drug-likeness (QED) is 0.322. The fraction of sp³-hybridized carbons (Fsp3) is 0.545. The summed E-state index contributed by atoms with van der Waals surface area (Å²) in [5.41, 5.74) is 4.86. The highest BCUT2D eigenvalue weighted by molar-refractivity contribution is 14.0. The number of anilines is 1. The van der Waals surface area contributed by atoms with Crippen molar-refractivity contribution in [3.8, 4) is 0 Å². The summed E-state index contributed by atoms with van der Waals surface area (Å²) in [4.78, 5) is 7.09. The second-order valence-corrected chi connectivity index (χ2v) is 7.54. The van der Waals surface area contributed by atoms with E-state index in [-0.39, 0.29) is 30.0 Å². The van der Waals surface area contributed by atoms with Crippen LogP contribution in [0.4, 0.5) is 5.69 Å². The molecule has 0 spiro atoms. The smallest absolute Gasteiger partial charge is 0.191 e. The Balaban J connectivity index is 0.00000420. The molecule has 162 valence electrons. The molecule has 0 saturated heterocycles. The second kappa shape index (κ2) is 12.0. The number of aromatic nitrogens is 2. The first-order valence-corrected chi connectivity index (χ1v) is 10.1. The monoisotopic (exact) mass is 512 g/mol. The molecule has 0 bridgehead atoms. The first-order valence-electron chi connectivity index (χ1n) is 10.1. The fourth-order valence-electron chi connectivity index (χ4n) is 3.29. The highest BCUT2D eigenvalue weighted by Gasteiger charge is 2.15. The Morgan fingerprint density at radius 3 is 2.41 bits per heavy atom. The van der Waals surface area contributed by atoms with Gasteiger partial charge in [-0.25, -0.2) is 0 Å². The predicted octanol–water partition coefficient (Wildman–Crippen LogP) is 3.67. The summed E-state index contributed by atoms with van der Waals surface area (Å²) in [6.45, 7) is 12.3. The lowest BCUT2D eigenvalue weighted by molar-refractivity contribution is 0.628. The number of hydrogen-bond acceptors (Lipinski definition) is 3. The minimum Gasteiger partial charge on any atom is -0.370 e. The normalized spacial score (nSPS) is 13.4. The van der Waals surface area contributed by atoms with E-state index in [0.717, 1.165) is 31.2 Å². The summed E-state index contributed by atoms with van der Waals surface area (Å²) in [5.74, 6) is 0.863. The predicted molar refractivity (Wildman–Crippen MR) is 135 cm³/mol. The summed E-state index contributed by atoms with van der Waals surface area (Å²) in [6, 6.07) is 11.0. The lowest BCUT2D eigenvalue weighted by Crippen LogP contribution is -2.44. The molecular weight excluding hydrogens is 475 g/mol. The largest absolute Gasteiger partial charge is 0.370 e. The Bertz CT molecular complexity index is 771. The Labute approximate surface area is 193 Å². The van der Waals surface area contributed by atoms with Crippen LogP contribution in [0.5, 0.6) is 0 Å². The number of para-hydroxylation sites is 1. The van der Waals surface area contributed by atoms with E-state index in [1.165, 1.54) is 16.9 Å². The fourth-order valence-corrected chi connectivity index (χ4v) is 3.29. The van der Waals surface area contributed by atoms with Crippen LogP contribution in [0.2, 0.25) is 0 Å². The Morgan fingerprint density at radius 2 is 1.86 bits per heavy atom. The van der Waals surface area contributed by atoms with E-state index in [1.54, 1.807) is 0 Å². The number of likely N-dealkylation sites (N-methyl/N-ethyl adjacent to an activating group) is 1. The number of guanidine groups is 1. The van der Waals surface area contributed by atoms with Gasteiger partial charge in [0.05, 0.1) is 12.2 Å². The third kappa shape index (κ3) is 7.21. The molecule has 1 aromatic heterocycles. The molecule has 1 heterocycles. The van der Waals surface area contributed by atoms with Gasteiger partial charge in [-0.2, -0.15) is 5.10 Å². The highest BCUT2D eigenvalue weighted by atomic mass is 127. The van der Waals surface area contributed by atoms with Crippen molar-refractivity contribution in [3.63, 3.8) is 0 Å². The van der Waals surface area contributed by atoms with Crippen LogP contribution in [0.25, 0.3) is 0 Å². The lowest BCUT2D eigenvalue weighted by atomic mass is 10.1. The number of aliphatic imine (C=N–C) groups is 1. The number of aryl methyl sites for hydroxylation is 2. The molecule has 2 atom stereocenters. The van der Waals surface area contributed by atoms with Crippen molar-refractivity contribution in [1.82, 2.24) is 20.4 Å². The van der Waals surface area contributed by atoms with Gasteiger partial charge in [0.15, 0.2) is 5.96 Å². The van der Waals surface area contributed by atoms with Crippen molar-refractivity contribution in [1.29, 1.82) is 0 Å². The number of nitrogens with zero attached hydrogens (tertiary/aromatic N) is 4. The van der Waals surface area contributed by atoms with Crippen LogP contribution < -0.4 is 15.5 Å². The van der Waals surface area contributed by atoms with E-state index in [2.05, 4.69) is 86.6 Å². The Hall–Kier alpha value is -1.77. The zero-order valence-corrected chi connectivity index (χ0v) is 21.2. The summed E-state index contributed by atoms with van der Waals surface area (Å²) in [6.07, 6.45) is 0.926. The SMILES string of the molecule is CCNC(=NCC(C)N(C)c1ccccc1)NC(C)Cc1c(C)nn(C)c1C.I. The molecule has 0 aliphatic rings. The lowest BCUT2D eigenvalue weighted by Gasteiger charge is -2.26. The second-order valence-electron chi connectivity index (χ2n) is 7.54. The van der Waals surface area contributed by atoms with Gasteiger partial charge in [0, 0.05) is 44.1 Å². The van der Waals surface area contributed by atoms with Crippen LogP contribution in [0.1, 0.15) is 37.7 Å². The zero-order chi connectivity index (χ0) is 20.7.